The van der Waals surface area contributed by atoms with E-state index in [1.54, 1.807) is 36.5 Å². The molecule has 1 heterocycles. The molecule has 2 N–H and O–H groups in total. The Morgan fingerprint density at radius 1 is 0.958 bits per heavy atom. The number of benzene rings is 2. The van der Waals surface area contributed by atoms with Crippen LogP contribution in [0.1, 0.15) is 15.9 Å². The fraction of sp³-hybridized carbons (Fsp3) is 0.0526. The van der Waals surface area contributed by atoms with Crippen LogP contribution in [0.2, 0.25) is 5.02 Å². The summed E-state index contributed by atoms with van der Waals surface area (Å²) in [5.41, 5.74) is 2.62. The van der Waals surface area contributed by atoms with E-state index in [-0.39, 0.29) is 5.91 Å². The highest BCUT2D eigenvalue weighted by Crippen LogP contribution is 2.14. The van der Waals surface area contributed by atoms with Gasteiger partial charge in [0.15, 0.2) is 0 Å². The SMILES string of the molecule is O=C(Nc1ccc(NCc2ccccc2)cn1)c1ccc(Cl)cc1. The van der Waals surface area contributed by atoms with Crippen LogP contribution in [0.3, 0.4) is 0 Å². The van der Waals surface area contributed by atoms with Crippen molar-refractivity contribution in [2.45, 2.75) is 6.54 Å². The predicted octanol–water partition coefficient (Wildman–Crippen LogP) is 4.60. The number of halogens is 1. The Labute approximate surface area is 145 Å². The first-order chi connectivity index (χ1) is 11.7. The lowest BCUT2D eigenvalue weighted by atomic mass is 10.2. The molecule has 1 amide bonds. The zero-order valence-electron chi connectivity index (χ0n) is 12.9. The summed E-state index contributed by atoms with van der Waals surface area (Å²) >= 11 is 5.82. The molecule has 0 aliphatic heterocycles. The molecule has 3 aromatic rings. The van der Waals surface area contributed by atoms with E-state index in [2.05, 4.69) is 27.8 Å². The van der Waals surface area contributed by atoms with Gasteiger partial charge < -0.3 is 10.6 Å². The quantitative estimate of drug-likeness (QED) is 0.715. The van der Waals surface area contributed by atoms with Crippen LogP contribution >= 0.6 is 11.6 Å². The molecular weight excluding hydrogens is 322 g/mol. The number of nitrogens with zero attached hydrogens (tertiary/aromatic N) is 1. The Morgan fingerprint density at radius 3 is 2.38 bits per heavy atom. The minimum Gasteiger partial charge on any atom is -0.380 e. The highest BCUT2D eigenvalue weighted by atomic mass is 35.5. The third-order valence-electron chi connectivity index (χ3n) is 3.45. The maximum atomic E-state index is 12.1. The van der Waals surface area contributed by atoms with E-state index in [0.29, 0.717) is 16.4 Å². The molecule has 3 rings (SSSR count). The molecule has 0 saturated heterocycles. The summed E-state index contributed by atoms with van der Waals surface area (Å²) in [7, 11) is 0. The first kappa shape index (κ1) is 16.0. The van der Waals surface area contributed by atoms with Crippen molar-refractivity contribution in [1.82, 2.24) is 4.98 Å². The van der Waals surface area contributed by atoms with Crippen LogP contribution in [-0.4, -0.2) is 10.9 Å². The number of anilines is 2. The normalized spacial score (nSPS) is 10.2. The number of hydrogen-bond donors (Lipinski definition) is 2. The van der Waals surface area contributed by atoms with E-state index in [4.69, 9.17) is 11.6 Å². The molecule has 0 aliphatic carbocycles. The summed E-state index contributed by atoms with van der Waals surface area (Å²) in [6.45, 7) is 0.721. The van der Waals surface area contributed by atoms with Crippen molar-refractivity contribution in [3.8, 4) is 0 Å². The van der Waals surface area contributed by atoms with Crippen LogP contribution in [0.5, 0.6) is 0 Å². The van der Waals surface area contributed by atoms with Gasteiger partial charge in [-0.1, -0.05) is 41.9 Å². The van der Waals surface area contributed by atoms with Crippen molar-refractivity contribution >= 4 is 29.0 Å². The Kier molecular flexibility index (Phi) is 5.08. The lowest BCUT2D eigenvalue weighted by Crippen LogP contribution is -2.12. The van der Waals surface area contributed by atoms with Crippen molar-refractivity contribution in [3.05, 3.63) is 89.1 Å². The van der Waals surface area contributed by atoms with E-state index in [1.165, 1.54) is 5.56 Å². The van der Waals surface area contributed by atoms with E-state index < -0.39 is 0 Å². The third kappa shape index (κ3) is 4.33. The monoisotopic (exact) mass is 337 g/mol. The van der Waals surface area contributed by atoms with Gasteiger partial charge in [0.25, 0.3) is 5.91 Å². The van der Waals surface area contributed by atoms with Crippen LogP contribution in [-0.2, 0) is 6.54 Å². The summed E-state index contributed by atoms with van der Waals surface area (Å²) in [6.07, 6.45) is 1.69. The van der Waals surface area contributed by atoms with Crippen molar-refractivity contribution in [2.75, 3.05) is 10.6 Å². The Bertz CT molecular complexity index is 802. The van der Waals surface area contributed by atoms with Crippen molar-refractivity contribution < 1.29 is 4.79 Å². The fourth-order valence-corrected chi connectivity index (χ4v) is 2.29. The smallest absolute Gasteiger partial charge is 0.256 e. The van der Waals surface area contributed by atoms with Gasteiger partial charge in [-0.25, -0.2) is 4.98 Å². The summed E-state index contributed by atoms with van der Waals surface area (Å²) in [4.78, 5) is 16.4. The molecule has 0 fully saturated rings. The average molecular weight is 338 g/mol. The van der Waals surface area contributed by atoms with E-state index in [9.17, 15) is 4.79 Å². The third-order valence-corrected chi connectivity index (χ3v) is 3.70. The highest BCUT2D eigenvalue weighted by molar-refractivity contribution is 6.30. The molecule has 1 aromatic heterocycles. The first-order valence-corrected chi connectivity index (χ1v) is 7.89. The zero-order chi connectivity index (χ0) is 16.8. The molecule has 0 saturated carbocycles. The van der Waals surface area contributed by atoms with Crippen molar-refractivity contribution in [3.63, 3.8) is 0 Å². The maximum absolute atomic E-state index is 12.1. The number of aromatic nitrogens is 1. The van der Waals surface area contributed by atoms with Crippen molar-refractivity contribution in [2.24, 2.45) is 0 Å². The number of rotatable bonds is 5. The standard InChI is InChI=1S/C19H16ClN3O/c20-16-8-6-15(7-9-16)19(24)23-18-11-10-17(13-22-18)21-12-14-4-2-1-3-5-14/h1-11,13,21H,12H2,(H,22,23,24). The molecule has 5 heteroatoms. The number of pyridine rings is 1. The summed E-state index contributed by atoms with van der Waals surface area (Å²) in [6, 6.07) is 20.5. The number of nitrogens with one attached hydrogen (secondary N) is 2. The van der Waals surface area contributed by atoms with Gasteiger partial charge in [-0.2, -0.15) is 0 Å². The zero-order valence-corrected chi connectivity index (χ0v) is 13.6. The number of carbonyl (C=O) groups is 1. The first-order valence-electron chi connectivity index (χ1n) is 7.51. The highest BCUT2D eigenvalue weighted by Gasteiger charge is 2.06. The number of hydrogen-bond acceptors (Lipinski definition) is 3. The van der Waals surface area contributed by atoms with Gasteiger partial charge in [-0.05, 0) is 42.0 Å². The van der Waals surface area contributed by atoms with Gasteiger partial charge in [0.1, 0.15) is 5.82 Å². The molecule has 0 atom stereocenters. The van der Waals surface area contributed by atoms with Gasteiger partial charge in [0, 0.05) is 17.1 Å². The summed E-state index contributed by atoms with van der Waals surface area (Å²) < 4.78 is 0. The Balaban J connectivity index is 1.58. The fourth-order valence-electron chi connectivity index (χ4n) is 2.16. The van der Waals surface area contributed by atoms with Gasteiger partial charge in [-0.15, -0.1) is 0 Å². The largest absolute Gasteiger partial charge is 0.380 e. The second kappa shape index (κ2) is 7.62. The van der Waals surface area contributed by atoms with Gasteiger partial charge in [0.2, 0.25) is 0 Å². The van der Waals surface area contributed by atoms with E-state index >= 15 is 0 Å². The molecular formula is C19H16ClN3O. The van der Waals surface area contributed by atoms with Gasteiger partial charge in [-0.3, -0.25) is 4.79 Å². The van der Waals surface area contributed by atoms with E-state index in [0.717, 1.165) is 12.2 Å². The number of amides is 1. The van der Waals surface area contributed by atoms with Crippen LogP contribution in [0.15, 0.2) is 72.9 Å². The Morgan fingerprint density at radius 2 is 1.71 bits per heavy atom. The Hall–Kier alpha value is -2.85. The van der Waals surface area contributed by atoms with Crippen LogP contribution < -0.4 is 10.6 Å². The molecule has 24 heavy (non-hydrogen) atoms. The molecule has 0 aliphatic rings. The second-order valence-corrected chi connectivity index (χ2v) is 5.67. The van der Waals surface area contributed by atoms with Gasteiger partial charge in [0.05, 0.1) is 11.9 Å². The molecule has 2 aromatic carbocycles. The lowest BCUT2D eigenvalue weighted by Gasteiger charge is -2.08. The lowest BCUT2D eigenvalue weighted by molar-refractivity contribution is 0.102. The molecule has 120 valence electrons. The van der Waals surface area contributed by atoms with Gasteiger partial charge >= 0.3 is 0 Å². The maximum Gasteiger partial charge on any atom is 0.256 e. The summed E-state index contributed by atoms with van der Waals surface area (Å²) in [5, 5.41) is 6.64. The molecule has 0 unspecified atom stereocenters. The van der Waals surface area contributed by atoms with Crippen LogP contribution in [0.25, 0.3) is 0 Å². The van der Waals surface area contributed by atoms with E-state index in [1.807, 2.05) is 24.3 Å². The molecule has 0 bridgehead atoms. The van der Waals surface area contributed by atoms with Crippen LogP contribution in [0.4, 0.5) is 11.5 Å². The molecule has 0 spiro atoms. The predicted molar refractivity (Wildman–Crippen MR) is 97.4 cm³/mol. The van der Waals surface area contributed by atoms with Crippen LogP contribution in [0, 0.1) is 0 Å². The van der Waals surface area contributed by atoms with Crippen molar-refractivity contribution in [1.29, 1.82) is 0 Å². The minimum atomic E-state index is -0.218. The summed E-state index contributed by atoms with van der Waals surface area (Å²) in [5.74, 6) is 0.282. The topological polar surface area (TPSA) is 54.0 Å². The molecule has 0 radical (unpaired) electrons. The average Bonchev–Trinajstić information content (AvgIpc) is 2.62. The minimum absolute atomic E-state index is 0.218. The molecule has 4 nitrogen and oxygen atoms in total. The number of carbonyl (C=O) groups excluding carboxylic acids is 1. The second-order valence-electron chi connectivity index (χ2n) is 5.23.